The molecule has 2 atom stereocenters. The summed E-state index contributed by atoms with van der Waals surface area (Å²) in [4.78, 5) is 36.7. The summed E-state index contributed by atoms with van der Waals surface area (Å²) < 4.78 is 0. The fourth-order valence-corrected chi connectivity index (χ4v) is 5.11. The maximum atomic E-state index is 13.3. The van der Waals surface area contributed by atoms with Crippen LogP contribution in [0.15, 0.2) is 91.5 Å². The highest BCUT2D eigenvalue weighted by Gasteiger charge is 2.30. The number of anilines is 1. The van der Waals surface area contributed by atoms with Crippen molar-refractivity contribution in [3.05, 3.63) is 114 Å². The molecular formula is C34H34N2O5. The smallest absolute Gasteiger partial charge is 0.303 e. The van der Waals surface area contributed by atoms with Crippen molar-refractivity contribution >= 4 is 29.0 Å². The number of amides is 2. The van der Waals surface area contributed by atoms with Crippen molar-refractivity contribution in [2.75, 3.05) is 5.32 Å². The van der Waals surface area contributed by atoms with E-state index in [1.54, 1.807) is 12.1 Å². The van der Waals surface area contributed by atoms with Crippen LogP contribution in [0.25, 0.3) is 16.7 Å². The Hall–Kier alpha value is -4.91. The molecule has 0 fully saturated rings. The van der Waals surface area contributed by atoms with E-state index >= 15 is 0 Å². The molecule has 1 aliphatic rings. The molecule has 4 N–H and O–H groups in total. The molecule has 0 heterocycles. The number of fused-ring (bicyclic) bond motifs is 3. The summed E-state index contributed by atoms with van der Waals surface area (Å²) in [5.41, 5.74) is 8.00. The average molecular weight is 551 g/mol. The Morgan fingerprint density at radius 3 is 2.22 bits per heavy atom. The molecule has 4 rings (SSSR count). The van der Waals surface area contributed by atoms with Crippen molar-refractivity contribution in [1.82, 2.24) is 5.32 Å². The van der Waals surface area contributed by atoms with Gasteiger partial charge in [0.05, 0.1) is 0 Å². The van der Waals surface area contributed by atoms with E-state index in [1.165, 1.54) is 19.1 Å². The van der Waals surface area contributed by atoms with Crippen molar-refractivity contribution in [2.24, 2.45) is 0 Å². The van der Waals surface area contributed by atoms with Crippen LogP contribution in [0.2, 0.25) is 0 Å². The van der Waals surface area contributed by atoms with Crippen LogP contribution in [0.4, 0.5) is 5.69 Å². The monoisotopic (exact) mass is 550 g/mol. The summed E-state index contributed by atoms with van der Waals surface area (Å²) in [6, 6.07) is 17.4. The van der Waals surface area contributed by atoms with Crippen LogP contribution in [0.3, 0.4) is 0 Å². The normalized spacial score (nSPS) is 14.1. The molecule has 7 nitrogen and oxygen atoms in total. The summed E-state index contributed by atoms with van der Waals surface area (Å²) in [7, 11) is 0. The number of carboxylic acids is 1. The summed E-state index contributed by atoms with van der Waals surface area (Å²) in [5.74, 6) is -1.65. The number of phenolic OH excluding ortho intramolecular Hbond substituents is 1. The van der Waals surface area contributed by atoms with Gasteiger partial charge in [-0.05, 0) is 82.6 Å². The number of rotatable bonds is 11. The number of nitrogens with one attached hydrogen (secondary N) is 2. The fourth-order valence-electron chi connectivity index (χ4n) is 5.11. The van der Waals surface area contributed by atoms with E-state index in [1.807, 2.05) is 49.4 Å². The van der Waals surface area contributed by atoms with Crippen molar-refractivity contribution in [1.29, 1.82) is 0 Å². The number of carbonyl (C=O) groups is 3. The van der Waals surface area contributed by atoms with Gasteiger partial charge in [-0.2, -0.15) is 0 Å². The molecule has 41 heavy (non-hydrogen) atoms. The van der Waals surface area contributed by atoms with E-state index in [2.05, 4.69) is 29.9 Å². The number of phenols is 1. The number of carboxylic acid groups (broad SMARTS) is 1. The van der Waals surface area contributed by atoms with E-state index in [4.69, 9.17) is 0 Å². The molecule has 0 saturated carbocycles. The van der Waals surface area contributed by atoms with Crippen molar-refractivity contribution in [3.8, 4) is 16.9 Å². The minimum Gasteiger partial charge on any atom is -0.508 e. The molecule has 0 bridgehead atoms. The minimum absolute atomic E-state index is 0.00188. The van der Waals surface area contributed by atoms with Crippen LogP contribution >= 0.6 is 0 Å². The maximum Gasteiger partial charge on any atom is 0.303 e. The third kappa shape index (κ3) is 7.19. The molecule has 2 unspecified atom stereocenters. The van der Waals surface area contributed by atoms with Crippen molar-refractivity contribution in [3.63, 3.8) is 0 Å². The molecular weight excluding hydrogens is 516 g/mol. The van der Waals surface area contributed by atoms with Crippen LogP contribution in [0, 0.1) is 0 Å². The van der Waals surface area contributed by atoms with Crippen LogP contribution in [0.1, 0.15) is 54.9 Å². The number of aromatic hydroxyl groups is 1. The van der Waals surface area contributed by atoms with Gasteiger partial charge in [0.15, 0.2) is 0 Å². The maximum absolute atomic E-state index is 13.3. The first-order chi connectivity index (χ1) is 19.5. The van der Waals surface area contributed by atoms with Crippen LogP contribution in [-0.4, -0.2) is 34.0 Å². The van der Waals surface area contributed by atoms with Crippen molar-refractivity contribution in [2.45, 2.75) is 45.1 Å². The summed E-state index contributed by atoms with van der Waals surface area (Å²) in [6.45, 7) is 11.3. The van der Waals surface area contributed by atoms with E-state index < -0.39 is 12.0 Å². The van der Waals surface area contributed by atoms with E-state index in [-0.39, 0.29) is 36.3 Å². The number of hydrogen-bond donors (Lipinski definition) is 4. The second kappa shape index (κ2) is 12.5. The Morgan fingerprint density at radius 2 is 1.59 bits per heavy atom. The Balaban J connectivity index is 1.62. The lowest BCUT2D eigenvalue weighted by Crippen LogP contribution is -2.44. The number of carbonyl (C=O) groups excluding carboxylic acids is 2. The average Bonchev–Trinajstić information content (AvgIpc) is 3.23. The van der Waals surface area contributed by atoms with Gasteiger partial charge in [-0.25, -0.2) is 0 Å². The molecule has 0 spiro atoms. The van der Waals surface area contributed by atoms with Gasteiger partial charge in [-0.1, -0.05) is 61.2 Å². The van der Waals surface area contributed by atoms with Crippen LogP contribution < -0.4 is 10.6 Å². The van der Waals surface area contributed by atoms with E-state index in [0.29, 0.717) is 12.1 Å². The van der Waals surface area contributed by atoms with Gasteiger partial charge in [0.1, 0.15) is 11.8 Å². The lowest BCUT2D eigenvalue weighted by molar-refractivity contribution is -0.137. The quantitative estimate of drug-likeness (QED) is 0.212. The molecule has 3 aromatic rings. The van der Waals surface area contributed by atoms with Gasteiger partial charge < -0.3 is 20.8 Å². The Kier molecular flexibility index (Phi) is 8.87. The van der Waals surface area contributed by atoms with E-state index in [0.717, 1.165) is 44.5 Å². The molecule has 0 radical (unpaired) electrons. The second-order valence-corrected chi connectivity index (χ2v) is 10.4. The molecule has 0 saturated heterocycles. The lowest BCUT2D eigenvalue weighted by atomic mass is 9.90. The summed E-state index contributed by atoms with van der Waals surface area (Å²) in [5, 5.41) is 24.6. The third-order valence-electron chi connectivity index (χ3n) is 7.07. The highest BCUT2D eigenvalue weighted by Crippen LogP contribution is 2.48. The lowest BCUT2D eigenvalue weighted by Gasteiger charge is -2.19. The molecule has 210 valence electrons. The van der Waals surface area contributed by atoms with Gasteiger partial charge >= 0.3 is 5.97 Å². The zero-order chi connectivity index (χ0) is 29.7. The Bertz CT molecular complexity index is 1550. The SMILES string of the molecule is C=C(C)/C=C\C(=C)c1ccc2c(c1)C(CCC(=O)O)c1cc(NC(=O)C(Cc3ccc(O)cc3)NC(C)=O)ccc1-2. The minimum atomic E-state index is -0.873. The van der Waals surface area contributed by atoms with Gasteiger partial charge in [0.2, 0.25) is 11.8 Å². The molecule has 7 heteroatoms. The van der Waals surface area contributed by atoms with Crippen LogP contribution in [0.5, 0.6) is 5.75 Å². The molecule has 0 aromatic heterocycles. The van der Waals surface area contributed by atoms with Gasteiger partial charge in [0.25, 0.3) is 0 Å². The topological polar surface area (TPSA) is 116 Å². The highest BCUT2D eigenvalue weighted by atomic mass is 16.4. The summed E-state index contributed by atoms with van der Waals surface area (Å²) >= 11 is 0. The Labute approximate surface area is 239 Å². The predicted molar refractivity (Wildman–Crippen MR) is 162 cm³/mol. The highest BCUT2D eigenvalue weighted by molar-refractivity contribution is 5.98. The number of aliphatic carboxylic acids is 1. The predicted octanol–water partition coefficient (Wildman–Crippen LogP) is 6.20. The summed E-state index contributed by atoms with van der Waals surface area (Å²) in [6.07, 6.45) is 4.46. The standard InChI is InChI=1S/C34H34N2O5/c1-20(2)5-6-21(3)24-9-13-27-28-14-10-25(19-31(28)29(30(27)18-24)15-16-33(39)40)36-34(41)32(35-22(4)37)17-23-7-11-26(38)12-8-23/h5-14,18-19,29,32,38H,1,3,15-17H2,2,4H3,(H,35,37)(H,36,41)(H,39,40)/b6-5-. The van der Waals surface area contributed by atoms with E-state index in [9.17, 15) is 24.6 Å². The van der Waals surface area contributed by atoms with Gasteiger partial charge in [-0.3, -0.25) is 14.4 Å². The third-order valence-corrected chi connectivity index (χ3v) is 7.07. The first kappa shape index (κ1) is 29.1. The first-order valence-corrected chi connectivity index (χ1v) is 13.4. The molecule has 2 amide bonds. The molecule has 1 aliphatic carbocycles. The zero-order valence-electron chi connectivity index (χ0n) is 23.2. The second-order valence-electron chi connectivity index (χ2n) is 10.4. The number of hydrogen-bond acceptors (Lipinski definition) is 4. The van der Waals surface area contributed by atoms with Gasteiger partial charge in [-0.15, -0.1) is 0 Å². The van der Waals surface area contributed by atoms with Crippen LogP contribution in [-0.2, 0) is 20.8 Å². The number of benzene rings is 3. The van der Waals surface area contributed by atoms with Gasteiger partial charge in [0, 0.05) is 31.4 Å². The molecule has 3 aromatic carbocycles. The zero-order valence-corrected chi connectivity index (χ0v) is 23.2. The fraction of sp³-hybridized carbons (Fsp3) is 0.206. The first-order valence-electron chi connectivity index (χ1n) is 13.4. The van der Waals surface area contributed by atoms with Crippen molar-refractivity contribution < 1.29 is 24.6 Å². The Morgan fingerprint density at radius 1 is 0.927 bits per heavy atom. The number of allylic oxidation sites excluding steroid dienone is 4. The molecule has 0 aliphatic heterocycles. The largest absolute Gasteiger partial charge is 0.508 e.